The first kappa shape index (κ1) is 13.7. The van der Waals surface area contributed by atoms with Crippen molar-refractivity contribution < 1.29 is 4.57 Å². The number of piperidine rings is 1. The van der Waals surface area contributed by atoms with E-state index in [0.717, 1.165) is 24.7 Å². The molecule has 1 saturated heterocycles. The maximum atomic E-state index is 4.28. The molecule has 1 aromatic heterocycles. The Balaban J connectivity index is 1.72. The molecule has 0 aliphatic carbocycles. The van der Waals surface area contributed by atoms with E-state index in [2.05, 4.69) is 32.4 Å². The van der Waals surface area contributed by atoms with Crippen LogP contribution < -0.4 is 9.47 Å². The zero-order valence-corrected chi connectivity index (χ0v) is 12.6. The molecule has 1 aromatic carbocycles. The summed E-state index contributed by atoms with van der Waals surface area (Å²) in [5.41, 5.74) is 2.14. The molecule has 0 bridgehead atoms. The maximum Gasteiger partial charge on any atom is 0.403 e. The van der Waals surface area contributed by atoms with Gasteiger partial charge in [0.15, 0.2) is 0 Å². The van der Waals surface area contributed by atoms with Crippen molar-refractivity contribution in [1.29, 1.82) is 0 Å². The van der Waals surface area contributed by atoms with E-state index in [1.54, 1.807) is 11.0 Å². The van der Waals surface area contributed by atoms with Crippen molar-refractivity contribution in [2.24, 2.45) is 24.3 Å². The SMILES string of the molecule is Cn1nc[n+](C)c1/N=N/c1ccc(N2CCCCC2)cc1. The minimum Gasteiger partial charge on any atom is -0.372 e. The van der Waals surface area contributed by atoms with Gasteiger partial charge in [-0.2, -0.15) is 0 Å². The molecule has 2 heterocycles. The smallest absolute Gasteiger partial charge is 0.372 e. The van der Waals surface area contributed by atoms with E-state index < -0.39 is 0 Å². The van der Waals surface area contributed by atoms with Gasteiger partial charge in [0.2, 0.25) is 6.33 Å². The Labute approximate surface area is 124 Å². The van der Waals surface area contributed by atoms with Gasteiger partial charge in [0.05, 0.1) is 19.8 Å². The highest BCUT2D eigenvalue weighted by Gasteiger charge is 2.12. The predicted molar refractivity (Wildman–Crippen MR) is 81.1 cm³/mol. The third-order valence-corrected chi connectivity index (χ3v) is 3.83. The molecule has 0 saturated carbocycles. The summed E-state index contributed by atoms with van der Waals surface area (Å²) in [7, 11) is 3.76. The van der Waals surface area contributed by atoms with Crippen LogP contribution in [0.1, 0.15) is 19.3 Å². The van der Waals surface area contributed by atoms with Crippen LogP contribution in [0.2, 0.25) is 0 Å². The molecular formula is C15H21N6+. The Morgan fingerprint density at radius 1 is 1.05 bits per heavy atom. The van der Waals surface area contributed by atoms with Crippen LogP contribution in [0, 0.1) is 0 Å². The molecule has 6 nitrogen and oxygen atoms in total. The second kappa shape index (κ2) is 6.03. The average molecular weight is 285 g/mol. The van der Waals surface area contributed by atoms with E-state index in [1.807, 2.05) is 30.8 Å². The van der Waals surface area contributed by atoms with E-state index in [9.17, 15) is 0 Å². The van der Waals surface area contributed by atoms with E-state index in [1.165, 1.54) is 24.9 Å². The van der Waals surface area contributed by atoms with Crippen LogP contribution in [-0.2, 0) is 14.1 Å². The third-order valence-electron chi connectivity index (χ3n) is 3.83. The maximum absolute atomic E-state index is 4.28. The number of anilines is 1. The molecule has 2 aromatic rings. The van der Waals surface area contributed by atoms with Crippen LogP contribution in [0.5, 0.6) is 0 Å². The fourth-order valence-electron chi connectivity index (χ4n) is 2.61. The first-order valence-electron chi connectivity index (χ1n) is 7.38. The van der Waals surface area contributed by atoms with Crippen molar-refractivity contribution >= 4 is 17.3 Å². The Hall–Kier alpha value is -2.24. The number of hydrogen-bond acceptors (Lipinski definition) is 4. The lowest BCUT2D eigenvalue weighted by molar-refractivity contribution is -0.659. The van der Waals surface area contributed by atoms with Gasteiger partial charge in [0.1, 0.15) is 0 Å². The molecule has 3 rings (SSSR count). The van der Waals surface area contributed by atoms with Gasteiger partial charge in [-0.3, -0.25) is 0 Å². The molecule has 0 unspecified atom stereocenters. The number of azo groups is 1. The van der Waals surface area contributed by atoms with Crippen molar-refractivity contribution in [2.45, 2.75) is 19.3 Å². The van der Waals surface area contributed by atoms with Crippen LogP contribution in [0.15, 0.2) is 40.8 Å². The number of aryl methyl sites for hydroxylation is 2. The van der Waals surface area contributed by atoms with Crippen LogP contribution in [0.3, 0.4) is 0 Å². The minimum atomic E-state index is 0.718. The van der Waals surface area contributed by atoms with Crippen molar-refractivity contribution in [3.05, 3.63) is 30.6 Å². The molecule has 0 atom stereocenters. The number of benzene rings is 1. The highest BCUT2D eigenvalue weighted by molar-refractivity contribution is 5.52. The van der Waals surface area contributed by atoms with Crippen molar-refractivity contribution in [2.75, 3.05) is 18.0 Å². The quantitative estimate of drug-likeness (QED) is 0.643. The highest BCUT2D eigenvalue weighted by atomic mass is 15.4. The predicted octanol–water partition coefficient (Wildman–Crippen LogP) is 2.65. The average Bonchev–Trinajstić information content (AvgIpc) is 2.85. The van der Waals surface area contributed by atoms with Crippen molar-refractivity contribution in [3.63, 3.8) is 0 Å². The summed E-state index contributed by atoms with van der Waals surface area (Å²) in [4.78, 5) is 2.44. The number of hydrogen-bond donors (Lipinski definition) is 0. The Morgan fingerprint density at radius 3 is 2.38 bits per heavy atom. The summed E-state index contributed by atoms with van der Waals surface area (Å²) in [6, 6.07) is 8.29. The zero-order valence-electron chi connectivity index (χ0n) is 12.6. The molecule has 0 N–H and O–H groups in total. The van der Waals surface area contributed by atoms with Crippen LogP contribution in [0.25, 0.3) is 0 Å². The largest absolute Gasteiger partial charge is 0.403 e. The molecule has 0 spiro atoms. The fraction of sp³-hybridized carbons (Fsp3) is 0.467. The number of aromatic nitrogens is 3. The van der Waals surface area contributed by atoms with Crippen molar-refractivity contribution in [3.8, 4) is 0 Å². The van der Waals surface area contributed by atoms with E-state index in [0.29, 0.717) is 0 Å². The first-order valence-corrected chi connectivity index (χ1v) is 7.38. The molecule has 1 aliphatic rings. The molecule has 21 heavy (non-hydrogen) atoms. The summed E-state index contributed by atoms with van der Waals surface area (Å²) in [6.07, 6.45) is 5.65. The summed E-state index contributed by atoms with van der Waals surface area (Å²) in [5, 5.41) is 12.7. The second-order valence-corrected chi connectivity index (χ2v) is 5.43. The molecule has 110 valence electrons. The summed E-state index contributed by atoms with van der Waals surface area (Å²) >= 11 is 0. The normalized spacial score (nSPS) is 15.8. The summed E-state index contributed by atoms with van der Waals surface area (Å²) < 4.78 is 3.54. The highest BCUT2D eigenvalue weighted by Crippen LogP contribution is 2.23. The monoisotopic (exact) mass is 285 g/mol. The Kier molecular flexibility index (Phi) is 3.94. The summed E-state index contributed by atoms with van der Waals surface area (Å²) in [6.45, 7) is 2.32. The topological polar surface area (TPSA) is 49.7 Å². The van der Waals surface area contributed by atoms with E-state index in [4.69, 9.17) is 0 Å². The van der Waals surface area contributed by atoms with Gasteiger partial charge in [-0.05, 0) is 48.6 Å². The van der Waals surface area contributed by atoms with Gasteiger partial charge in [0.25, 0.3) is 0 Å². The van der Waals surface area contributed by atoms with E-state index >= 15 is 0 Å². The molecule has 6 heteroatoms. The number of rotatable bonds is 3. The van der Waals surface area contributed by atoms with Gasteiger partial charge in [-0.1, -0.05) is 5.11 Å². The summed E-state index contributed by atoms with van der Waals surface area (Å²) in [5.74, 6) is 0.718. The zero-order chi connectivity index (χ0) is 14.7. The van der Waals surface area contributed by atoms with Gasteiger partial charge in [0, 0.05) is 23.9 Å². The molecule has 1 aliphatic heterocycles. The second-order valence-electron chi connectivity index (χ2n) is 5.43. The Bertz CT molecular complexity index is 603. The standard InChI is InChI=1S/C15H21N6/c1-19-12-16-20(2)15(19)18-17-13-6-8-14(9-7-13)21-10-4-3-5-11-21/h6-9,12H,3-5,10-11H2,1-2H3/q+1. The fourth-order valence-corrected chi connectivity index (χ4v) is 2.61. The Morgan fingerprint density at radius 2 is 1.76 bits per heavy atom. The lowest BCUT2D eigenvalue weighted by atomic mass is 10.1. The first-order chi connectivity index (χ1) is 10.2. The lowest BCUT2D eigenvalue weighted by Gasteiger charge is -2.28. The number of nitrogens with zero attached hydrogens (tertiary/aromatic N) is 6. The van der Waals surface area contributed by atoms with Gasteiger partial charge < -0.3 is 4.90 Å². The van der Waals surface area contributed by atoms with Crippen LogP contribution in [0.4, 0.5) is 17.3 Å². The van der Waals surface area contributed by atoms with Crippen LogP contribution in [-0.4, -0.2) is 22.9 Å². The van der Waals surface area contributed by atoms with Gasteiger partial charge >= 0.3 is 5.95 Å². The molecule has 0 radical (unpaired) electrons. The van der Waals surface area contributed by atoms with Gasteiger partial charge in [-0.15, -0.1) is 4.68 Å². The lowest BCUT2D eigenvalue weighted by Crippen LogP contribution is -2.29. The molecule has 1 fully saturated rings. The molecular weight excluding hydrogens is 264 g/mol. The molecule has 0 amide bonds. The third kappa shape index (κ3) is 3.09. The van der Waals surface area contributed by atoms with Crippen molar-refractivity contribution in [1.82, 2.24) is 9.78 Å². The van der Waals surface area contributed by atoms with E-state index in [-0.39, 0.29) is 0 Å². The van der Waals surface area contributed by atoms with Crippen LogP contribution >= 0.6 is 0 Å². The van der Waals surface area contributed by atoms with Gasteiger partial charge in [-0.25, -0.2) is 4.57 Å². The minimum absolute atomic E-state index is 0.718.